The third-order valence-corrected chi connectivity index (χ3v) is 5.43. The van der Waals surface area contributed by atoms with Gasteiger partial charge in [0.15, 0.2) is 11.0 Å². The van der Waals surface area contributed by atoms with Gasteiger partial charge < -0.3 is 4.74 Å². The Kier molecular flexibility index (Phi) is 5.59. The van der Waals surface area contributed by atoms with Crippen molar-refractivity contribution in [2.45, 2.75) is 10.9 Å². The van der Waals surface area contributed by atoms with E-state index >= 15 is 0 Å². The van der Waals surface area contributed by atoms with E-state index in [4.69, 9.17) is 10.00 Å². The molecule has 1 aromatic heterocycles. The van der Waals surface area contributed by atoms with E-state index in [1.54, 1.807) is 18.9 Å². The molecule has 0 bridgehead atoms. The summed E-state index contributed by atoms with van der Waals surface area (Å²) < 4.78 is 7.43. The molecule has 142 valence electrons. The van der Waals surface area contributed by atoms with Gasteiger partial charge in [0.1, 0.15) is 5.75 Å². The normalized spacial score (nSPS) is 10.5. The van der Waals surface area contributed by atoms with E-state index in [1.807, 2.05) is 78.9 Å². The first kappa shape index (κ1) is 18.8. The van der Waals surface area contributed by atoms with Gasteiger partial charge in [-0.2, -0.15) is 5.26 Å². The van der Waals surface area contributed by atoms with Crippen molar-refractivity contribution in [3.8, 4) is 28.9 Å². The average molecular weight is 398 g/mol. The van der Waals surface area contributed by atoms with E-state index < -0.39 is 0 Å². The molecule has 5 nitrogen and oxygen atoms in total. The van der Waals surface area contributed by atoms with E-state index in [9.17, 15) is 0 Å². The summed E-state index contributed by atoms with van der Waals surface area (Å²) in [6, 6.07) is 27.6. The Labute approximate surface area is 173 Å². The summed E-state index contributed by atoms with van der Waals surface area (Å²) in [6.07, 6.45) is 0. The molecule has 0 fully saturated rings. The highest BCUT2D eigenvalue weighted by Gasteiger charge is 2.16. The van der Waals surface area contributed by atoms with Crippen LogP contribution in [-0.4, -0.2) is 21.9 Å². The van der Waals surface area contributed by atoms with Crippen LogP contribution in [0.4, 0.5) is 0 Å². The molecule has 0 radical (unpaired) electrons. The number of benzene rings is 3. The number of hydrogen-bond acceptors (Lipinski definition) is 5. The smallest absolute Gasteiger partial charge is 0.196 e. The number of ether oxygens (including phenoxy) is 1. The molecule has 0 unspecified atom stereocenters. The number of para-hydroxylation sites is 1. The predicted octanol–water partition coefficient (Wildman–Crippen LogP) is 5.11. The highest BCUT2D eigenvalue weighted by Crippen LogP contribution is 2.31. The summed E-state index contributed by atoms with van der Waals surface area (Å²) >= 11 is 1.61. The molecule has 0 saturated heterocycles. The number of hydrogen-bond donors (Lipinski definition) is 0. The average Bonchev–Trinajstić information content (AvgIpc) is 3.22. The molecule has 4 aromatic rings. The highest BCUT2D eigenvalue weighted by molar-refractivity contribution is 7.98. The lowest BCUT2D eigenvalue weighted by molar-refractivity contribution is 0.415. The molecule has 0 aliphatic heterocycles. The fraction of sp³-hybridized carbons (Fsp3) is 0.0870. The van der Waals surface area contributed by atoms with Gasteiger partial charge in [-0.05, 0) is 42.0 Å². The first-order valence-electron chi connectivity index (χ1n) is 9.05. The molecule has 0 N–H and O–H groups in total. The van der Waals surface area contributed by atoms with Gasteiger partial charge in [0.2, 0.25) is 0 Å². The molecule has 1 heterocycles. The van der Waals surface area contributed by atoms with Crippen LogP contribution in [0.3, 0.4) is 0 Å². The molecule has 6 heteroatoms. The van der Waals surface area contributed by atoms with Gasteiger partial charge in [0.25, 0.3) is 0 Å². The zero-order chi connectivity index (χ0) is 20.1. The molecule has 0 atom stereocenters. The number of aromatic nitrogens is 3. The van der Waals surface area contributed by atoms with Crippen molar-refractivity contribution in [3.05, 3.63) is 90.0 Å². The molecular formula is C23H18N4OS. The van der Waals surface area contributed by atoms with Crippen molar-refractivity contribution in [1.82, 2.24) is 14.8 Å². The van der Waals surface area contributed by atoms with Crippen molar-refractivity contribution in [2.75, 3.05) is 7.11 Å². The standard InChI is InChI=1S/C23H18N4OS/c1-28-21-9-5-6-19(14-21)22-25-26-23(27(22)20-7-3-2-4-8-20)29-16-18-12-10-17(15-24)11-13-18/h2-14H,16H2,1H3. The molecular weight excluding hydrogens is 380 g/mol. The monoisotopic (exact) mass is 398 g/mol. The van der Waals surface area contributed by atoms with E-state index in [1.165, 1.54) is 0 Å². The summed E-state index contributed by atoms with van der Waals surface area (Å²) in [4.78, 5) is 0. The Bertz CT molecular complexity index is 1150. The van der Waals surface area contributed by atoms with Crippen LogP contribution in [0.2, 0.25) is 0 Å². The quantitative estimate of drug-likeness (QED) is 0.423. The Morgan fingerprint density at radius 3 is 2.48 bits per heavy atom. The number of methoxy groups -OCH3 is 1. The van der Waals surface area contributed by atoms with E-state index in [2.05, 4.69) is 20.8 Å². The topological polar surface area (TPSA) is 63.7 Å². The first-order valence-corrected chi connectivity index (χ1v) is 10.0. The fourth-order valence-electron chi connectivity index (χ4n) is 2.95. The van der Waals surface area contributed by atoms with E-state index in [0.717, 1.165) is 39.3 Å². The zero-order valence-electron chi connectivity index (χ0n) is 15.8. The molecule has 3 aromatic carbocycles. The Balaban J connectivity index is 1.70. The predicted molar refractivity (Wildman–Crippen MR) is 114 cm³/mol. The molecule has 4 rings (SSSR count). The number of thioether (sulfide) groups is 1. The first-order chi connectivity index (χ1) is 14.3. The van der Waals surface area contributed by atoms with Gasteiger partial charge in [-0.1, -0.05) is 54.2 Å². The van der Waals surface area contributed by atoms with Crippen LogP contribution in [0.15, 0.2) is 84.0 Å². The summed E-state index contributed by atoms with van der Waals surface area (Å²) in [6.45, 7) is 0. The fourth-order valence-corrected chi connectivity index (χ4v) is 3.85. The van der Waals surface area contributed by atoms with Crippen LogP contribution in [0, 0.1) is 11.3 Å². The molecule has 0 spiro atoms. The summed E-state index contributed by atoms with van der Waals surface area (Å²) in [5, 5.41) is 18.7. The van der Waals surface area contributed by atoms with Crippen molar-refractivity contribution in [2.24, 2.45) is 0 Å². The Hall–Kier alpha value is -3.56. The van der Waals surface area contributed by atoms with Gasteiger partial charge in [-0.25, -0.2) is 0 Å². The lowest BCUT2D eigenvalue weighted by atomic mass is 10.2. The van der Waals surface area contributed by atoms with Gasteiger partial charge in [-0.3, -0.25) is 4.57 Å². The third kappa shape index (κ3) is 4.15. The lowest BCUT2D eigenvalue weighted by Crippen LogP contribution is -1.99. The minimum absolute atomic E-state index is 0.659. The van der Waals surface area contributed by atoms with Crippen LogP contribution in [0.5, 0.6) is 5.75 Å². The summed E-state index contributed by atoms with van der Waals surface area (Å²) in [5.74, 6) is 2.27. The second-order valence-electron chi connectivity index (χ2n) is 6.31. The SMILES string of the molecule is COc1cccc(-c2nnc(SCc3ccc(C#N)cc3)n2-c2ccccc2)c1. The maximum absolute atomic E-state index is 8.96. The van der Waals surface area contributed by atoms with Gasteiger partial charge in [0, 0.05) is 17.0 Å². The van der Waals surface area contributed by atoms with Crippen molar-refractivity contribution in [1.29, 1.82) is 5.26 Å². The molecule has 0 saturated carbocycles. The van der Waals surface area contributed by atoms with Gasteiger partial charge in [-0.15, -0.1) is 10.2 Å². The molecule has 0 aliphatic carbocycles. The Morgan fingerprint density at radius 2 is 1.76 bits per heavy atom. The number of rotatable bonds is 6. The molecule has 0 aliphatic rings. The van der Waals surface area contributed by atoms with Crippen LogP contribution in [0.25, 0.3) is 17.1 Å². The maximum Gasteiger partial charge on any atom is 0.196 e. The van der Waals surface area contributed by atoms with Gasteiger partial charge >= 0.3 is 0 Å². The molecule has 29 heavy (non-hydrogen) atoms. The summed E-state index contributed by atoms with van der Waals surface area (Å²) in [7, 11) is 1.65. The maximum atomic E-state index is 8.96. The van der Waals surface area contributed by atoms with E-state index in [-0.39, 0.29) is 0 Å². The number of nitriles is 1. The zero-order valence-corrected chi connectivity index (χ0v) is 16.6. The lowest BCUT2D eigenvalue weighted by Gasteiger charge is -2.11. The van der Waals surface area contributed by atoms with Crippen LogP contribution in [-0.2, 0) is 5.75 Å². The minimum atomic E-state index is 0.659. The highest BCUT2D eigenvalue weighted by atomic mass is 32.2. The second-order valence-corrected chi connectivity index (χ2v) is 7.25. The van der Waals surface area contributed by atoms with Crippen LogP contribution < -0.4 is 4.74 Å². The minimum Gasteiger partial charge on any atom is -0.497 e. The molecule has 0 amide bonds. The van der Waals surface area contributed by atoms with Gasteiger partial charge in [0.05, 0.1) is 18.7 Å². The third-order valence-electron chi connectivity index (χ3n) is 4.43. The van der Waals surface area contributed by atoms with Crippen molar-refractivity contribution in [3.63, 3.8) is 0 Å². The van der Waals surface area contributed by atoms with Crippen molar-refractivity contribution >= 4 is 11.8 Å². The Morgan fingerprint density at radius 1 is 0.966 bits per heavy atom. The largest absolute Gasteiger partial charge is 0.497 e. The van der Waals surface area contributed by atoms with Crippen LogP contribution in [0.1, 0.15) is 11.1 Å². The van der Waals surface area contributed by atoms with E-state index in [0.29, 0.717) is 5.56 Å². The number of nitrogens with zero attached hydrogens (tertiary/aromatic N) is 4. The second kappa shape index (κ2) is 8.63. The summed E-state index contributed by atoms with van der Waals surface area (Å²) in [5.41, 5.74) is 3.72. The van der Waals surface area contributed by atoms with Crippen molar-refractivity contribution < 1.29 is 4.74 Å². The van der Waals surface area contributed by atoms with Crippen LogP contribution >= 0.6 is 11.8 Å².